The van der Waals surface area contributed by atoms with Crippen LogP contribution in [0.15, 0.2) is 21.5 Å². The van der Waals surface area contributed by atoms with Crippen molar-refractivity contribution >= 4 is 29.9 Å². The van der Waals surface area contributed by atoms with Crippen molar-refractivity contribution in [3.8, 4) is 0 Å². The van der Waals surface area contributed by atoms with Crippen molar-refractivity contribution in [2.24, 2.45) is 4.99 Å². The Morgan fingerprint density at radius 1 is 1.31 bits per heavy atom. The standard InChI is InChI=1S/C19H34N4O2.HI/c1-5-7-10-22(4)19(20-6-2)21-15-17(18-9-8-16(3)25-18)23-11-13-24-14-12-23;/h8-9,17H,5-7,10-15H2,1-4H3,(H,20,21);1H. The van der Waals surface area contributed by atoms with Crippen molar-refractivity contribution in [2.45, 2.75) is 39.7 Å². The van der Waals surface area contributed by atoms with Gasteiger partial charge in [-0.2, -0.15) is 0 Å². The van der Waals surface area contributed by atoms with E-state index in [9.17, 15) is 0 Å². The second kappa shape index (κ2) is 12.6. The Kier molecular flexibility index (Phi) is 11.2. The lowest BCUT2D eigenvalue weighted by Gasteiger charge is -2.33. The number of aliphatic imine (C=N–C) groups is 1. The molecule has 0 amide bonds. The average Bonchev–Trinajstić information content (AvgIpc) is 3.06. The number of hydrogen-bond donors (Lipinski definition) is 1. The highest BCUT2D eigenvalue weighted by molar-refractivity contribution is 14.0. The molecule has 1 aliphatic heterocycles. The molecule has 2 rings (SSSR count). The van der Waals surface area contributed by atoms with E-state index < -0.39 is 0 Å². The summed E-state index contributed by atoms with van der Waals surface area (Å²) in [6.45, 7) is 12.3. The van der Waals surface area contributed by atoms with Crippen LogP contribution in [-0.4, -0.2) is 68.7 Å². The zero-order valence-electron chi connectivity index (χ0n) is 16.7. The first-order chi connectivity index (χ1) is 12.2. The van der Waals surface area contributed by atoms with Crippen LogP contribution in [0.4, 0.5) is 0 Å². The van der Waals surface area contributed by atoms with Crippen LogP contribution in [0.2, 0.25) is 0 Å². The Hall–Kier alpha value is -0.800. The zero-order valence-corrected chi connectivity index (χ0v) is 19.0. The van der Waals surface area contributed by atoms with Crippen LogP contribution >= 0.6 is 24.0 Å². The highest BCUT2D eigenvalue weighted by Gasteiger charge is 2.25. The van der Waals surface area contributed by atoms with Gasteiger partial charge in [0.05, 0.1) is 25.8 Å². The van der Waals surface area contributed by atoms with Gasteiger partial charge in [-0.25, -0.2) is 0 Å². The van der Waals surface area contributed by atoms with E-state index in [0.717, 1.165) is 56.9 Å². The first kappa shape index (κ1) is 23.2. The number of morpholine rings is 1. The summed E-state index contributed by atoms with van der Waals surface area (Å²) in [6.07, 6.45) is 2.36. The number of hydrogen-bond acceptors (Lipinski definition) is 4. The van der Waals surface area contributed by atoms with Crippen LogP contribution in [-0.2, 0) is 4.74 Å². The summed E-state index contributed by atoms with van der Waals surface area (Å²) < 4.78 is 11.4. The van der Waals surface area contributed by atoms with Gasteiger partial charge in [0.1, 0.15) is 11.5 Å². The van der Waals surface area contributed by atoms with Gasteiger partial charge in [0, 0.05) is 33.2 Å². The first-order valence-corrected chi connectivity index (χ1v) is 9.53. The van der Waals surface area contributed by atoms with Crippen LogP contribution in [0, 0.1) is 6.92 Å². The molecule has 150 valence electrons. The summed E-state index contributed by atoms with van der Waals surface area (Å²) in [5.41, 5.74) is 0. The number of nitrogens with one attached hydrogen (secondary N) is 1. The van der Waals surface area contributed by atoms with Gasteiger partial charge in [-0.05, 0) is 32.4 Å². The van der Waals surface area contributed by atoms with Crippen molar-refractivity contribution in [3.05, 3.63) is 23.7 Å². The molecule has 7 heteroatoms. The number of aryl methyl sites for hydroxylation is 1. The summed E-state index contributed by atoms with van der Waals surface area (Å²) in [5, 5.41) is 3.41. The fourth-order valence-electron chi connectivity index (χ4n) is 3.05. The normalized spacial score (nSPS) is 16.8. The van der Waals surface area contributed by atoms with Crippen LogP contribution in [0.5, 0.6) is 0 Å². The smallest absolute Gasteiger partial charge is 0.193 e. The van der Waals surface area contributed by atoms with Crippen molar-refractivity contribution < 1.29 is 9.15 Å². The van der Waals surface area contributed by atoms with E-state index in [1.54, 1.807) is 0 Å². The Balaban J connectivity index is 0.00000338. The summed E-state index contributed by atoms with van der Waals surface area (Å²) >= 11 is 0. The molecule has 1 fully saturated rings. The van der Waals surface area contributed by atoms with Crippen molar-refractivity contribution in [1.82, 2.24) is 15.1 Å². The second-order valence-electron chi connectivity index (χ2n) is 6.58. The van der Waals surface area contributed by atoms with Gasteiger partial charge in [0.25, 0.3) is 0 Å². The third-order valence-electron chi connectivity index (χ3n) is 4.53. The summed E-state index contributed by atoms with van der Waals surface area (Å²) in [6, 6.07) is 4.27. The Bertz CT molecular complexity index is 529. The Labute approximate surface area is 175 Å². The predicted molar refractivity (Wildman–Crippen MR) is 118 cm³/mol. The maximum absolute atomic E-state index is 5.93. The van der Waals surface area contributed by atoms with Crippen LogP contribution in [0.25, 0.3) is 0 Å². The van der Waals surface area contributed by atoms with E-state index in [1.165, 1.54) is 12.8 Å². The van der Waals surface area contributed by atoms with E-state index in [1.807, 2.05) is 13.0 Å². The number of unbranched alkanes of at least 4 members (excludes halogenated alkanes) is 1. The van der Waals surface area contributed by atoms with E-state index >= 15 is 0 Å². The largest absolute Gasteiger partial charge is 0.465 e. The Morgan fingerprint density at radius 3 is 2.62 bits per heavy atom. The number of furan rings is 1. The fourth-order valence-corrected chi connectivity index (χ4v) is 3.05. The molecule has 0 spiro atoms. The minimum absolute atomic E-state index is 0. The summed E-state index contributed by atoms with van der Waals surface area (Å²) in [5.74, 6) is 2.91. The van der Waals surface area contributed by atoms with Gasteiger partial charge in [-0.3, -0.25) is 9.89 Å². The van der Waals surface area contributed by atoms with E-state index in [0.29, 0.717) is 6.54 Å². The summed E-state index contributed by atoms with van der Waals surface area (Å²) in [4.78, 5) is 9.55. The average molecular weight is 478 g/mol. The minimum Gasteiger partial charge on any atom is -0.465 e. The molecule has 1 aliphatic rings. The molecule has 0 aliphatic carbocycles. The third kappa shape index (κ3) is 7.08. The third-order valence-corrected chi connectivity index (χ3v) is 4.53. The monoisotopic (exact) mass is 478 g/mol. The van der Waals surface area contributed by atoms with Crippen LogP contribution in [0.3, 0.4) is 0 Å². The Morgan fingerprint density at radius 2 is 2.04 bits per heavy atom. The van der Waals surface area contributed by atoms with Crippen molar-refractivity contribution in [3.63, 3.8) is 0 Å². The lowest BCUT2D eigenvalue weighted by atomic mass is 10.1. The molecule has 1 saturated heterocycles. The molecule has 0 radical (unpaired) electrons. The van der Waals surface area contributed by atoms with Crippen LogP contribution < -0.4 is 5.32 Å². The lowest BCUT2D eigenvalue weighted by molar-refractivity contribution is 0.0135. The van der Waals surface area contributed by atoms with Gasteiger partial charge >= 0.3 is 0 Å². The molecule has 1 unspecified atom stereocenters. The quantitative estimate of drug-likeness (QED) is 0.353. The molecule has 1 aromatic heterocycles. The number of guanidine groups is 1. The number of ether oxygens (including phenoxy) is 1. The second-order valence-corrected chi connectivity index (χ2v) is 6.58. The highest BCUT2D eigenvalue weighted by Crippen LogP contribution is 2.24. The van der Waals surface area contributed by atoms with E-state index in [2.05, 4.69) is 42.1 Å². The molecule has 1 N–H and O–H groups in total. The van der Waals surface area contributed by atoms with Gasteiger partial charge in [-0.15, -0.1) is 24.0 Å². The topological polar surface area (TPSA) is 53.2 Å². The molecule has 6 nitrogen and oxygen atoms in total. The minimum atomic E-state index is 0. The van der Waals surface area contributed by atoms with Gasteiger partial charge < -0.3 is 19.4 Å². The first-order valence-electron chi connectivity index (χ1n) is 9.53. The van der Waals surface area contributed by atoms with Gasteiger partial charge in [-0.1, -0.05) is 13.3 Å². The van der Waals surface area contributed by atoms with Crippen molar-refractivity contribution in [2.75, 3.05) is 53.0 Å². The van der Waals surface area contributed by atoms with Gasteiger partial charge in [0.15, 0.2) is 5.96 Å². The molecule has 1 aromatic rings. The van der Waals surface area contributed by atoms with Crippen LogP contribution in [0.1, 0.15) is 44.3 Å². The SMILES string of the molecule is CCCCN(C)C(=NCC(c1ccc(C)o1)N1CCOCC1)NCC.I. The number of rotatable bonds is 8. The van der Waals surface area contributed by atoms with E-state index in [-0.39, 0.29) is 30.0 Å². The molecular weight excluding hydrogens is 443 g/mol. The molecule has 0 saturated carbocycles. The number of halogens is 1. The lowest BCUT2D eigenvalue weighted by Crippen LogP contribution is -2.42. The molecular formula is C19H35IN4O2. The molecule has 0 bridgehead atoms. The molecule has 0 aromatic carbocycles. The number of nitrogens with zero attached hydrogens (tertiary/aromatic N) is 3. The zero-order chi connectivity index (χ0) is 18.1. The molecule has 2 heterocycles. The summed E-state index contributed by atoms with van der Waals surface area (Å²) in [7, 11) is 2.11. The maximum atomic E-state index is 5.93. The molecule has 26 heavy (non-hydrogen) atoms. The van der Waals surface area contributed by atoms with Gasteiger partial charge in [0.2, 0.25) is 0 Å². The highest BCUT2D eigenvalue weighted by atomic mass is 127. The fraction of sp³-hybridized carbons (Fsp3) is 0.737. The maximum Gasteiger partial charge on any atom is 0.193 e. The van der Waals surface area contributed by atoms with E-state index in [4.69, 9.17) is 14.1 Å². The van der Waals surface area contributed by atoms with Crippen molar-refractivity contribution in [1.29, 1.82) is 0 Å². The molecule has 1 atom stereocenters. The predicted octanol–water partition coefficient (Wildman–Crippen LogP) is 3.28.